The second-order valence-electron chi connectivity index (χ2n) is 6.00. The molecule has 2 aromatic rings. The van der Waals surface area contributed by atoms with Crippen LogP contribution in [0.2, 0.25) is 0 Å². The molecule has 124 valence electrons. The summed E-state index contributed by atoms with van der Waals surface area (Å²) >= 11 is 0. The van der Waals surface area contributed by atoms with Crippen LogP contribution in [0.5, 0.6) is 0 Å². The standard InChI is InChI=1S/C18H21N5O/c1-2-4-14-10-17(23-8-7-16(24)12-23)22-18(20-14)21-15-6-3-5-13(9-15)11-19/h3,5-6,9-10,16,24H,2,4,7-8,12H2,1H3,(H,20,21,22). The van der Waals surface area contributed by atoms with Crippen molar-refractivity contribution in [2.75, 3.05) is 23.3 Å². The van der Waals surface area contributed by atoms with Gasteiger partial charge >= 0.3 is 0 Å². The molecule has 6 heteroatoms. The van der Waals surface area contributed by atoms with E-state index in [1.165, 1.54) is 0 Å². The highest BCUT2D eigenvalue weighted by Gasteiger charge is 2.22. The number of nitrogens with one attached hydrogen (secondary N) is 1. The Labute approximate surface area is 141 Å². The topological polar surface area (TPSA) is 85.1 Å². The van der Waals surface area contributed by atoms with Gasteiger partial charge in [0, 0.05) is 30.5 Å². The maximum Gasteiger partial charge on any atom is 0.229 e. The van der Waals surface area contributed by atoms with Crippen LogP contribution < -0.4 is 10.2 Å². The maximum atomic E-state index is 9.76. The summed E-state index contributed by atoms with van der Waals surface area (Å²) in [4.78, 5) is 11.2. The summed E-state index contributed by atoms with van der Waals surface area (Å²) in [7, 11) is 0. The molecule has 1 aliphatic heterocycles. The molecular formula is C18H21N5O. The summed E-state index contributed by atoms with van der Waals surface area (Å²) in [5.74, 6) is 1.36. The van der Waals surface area contributed by atoms with Crippen molar-refractivity contribution in [3.8, 4) is 6.07 Å². The molecule has 6 nitrogen and oxygen atoms in total. The normalized spacial score (nSPS) is 16.9. The van der Waals surface area contributed by atoms with Crippen LogP contribution in [0.4, 0.5) is 17.5 Å². The lowest BCUT2D eigenvalue weighted by Gasteiger charge is -2.18. The van der Waals surface area contributed by atoms with E-state index in [1.807, 2.05) is 18.2 Å². The average Bonchev–Trinajstić information content (AvgIpc) is 3.02. The first-order valence-corrected chi connectivity index (χ1v) is 8.26. The van der Waals surface area contributed by atoms with Gasteiger partial charge in [-0.05, 0) is 31.0 Å². The van der Waals surface area contributed by atoms with E-state index < -0.39 is 0 Å². The number of nitriles is 1. The zero-order valence-corrected chi connectivity index (χ0v) is 13.7. The van der Waals surface area contributed by atoms with Crippen LogP contribution in [0.25, 0.3) is 0 Å². The van der Waals surface area contributed by atoms with E-state index in [4.69, 9.17) is 5.26 Å². The lowest BCUT2D eigenvalue weighted by molar-refractivity contribution is 0.198. The second kappa shape index (κ2) is 7.28. The first-order chi connectivity index (χ1) is 11.7. The highest BCUT2D eigenvalue weighted by Crippen LogP contribution is 2.23. The molecule has 0 amide bonds. The predicted octanol–water partition coefficient (Wildman–Crippen LogP) is 2.62. The number of hydrogen-bond acceptors (Lipinski definition) is 6. The molecule has 0 aliphatic carbocycles. The zero-order chi connectivity index (χ0) is 16.9. The van der Waals surface area contributed by atoms with E-state index >= 15 is 0 Å². The van der Waals surface area contributed by atoms with E-state index in [0.29, 0.717) is 18.1 Å². The molecule has 0 spiro atoms. The smallest absolute Gasteiger partial charge is 0.229 e. The first kappa shape index (κ1) is 16.2. The number of aromatic nitrogens is 2. The van der Waals surface area contributed by atoms with Gasteiger partial charge < -0.3 is 15.3 Å². The molecule has 2 N–H and O–H groups in total. The Kier molecular flexibility index (Phi) is 4.92. The molecule has 0 bridgehead atoms. The second-order valence-corrected chi connectivity index (χ2v) is 6.00. The summed E-state index contributed by atoms with van der Waals surface area (Å²) in [6, 6.07) is 11.4. The lowest BCUT2D eigenvalue weighted by atomic mass is 10.2. The number of β-amino-alcohol motifs (C(OH)–C–C–N with tert-alkyl or cyclic N) is 1. The first-order valence-electron chi connectivity index (χ1n) is 8.26. The van der Waals surface area contributed by atoms with Crippen molar-refractivity contribution in [2.24, 2.45) is 0 Å². The van der Waals surface area contributed by atoms with Gasteiger partial charge in [-0.25, -0.2) is 4.98 Å². The molecule has 1 aromatic carbocycles. The van der Waals surface area contributed by atoms with E-state index in [2.05, 4.69) is 33.2 Å². The molecule has 1 aromatic heterocycles. The number of rotatable bonds is 5. The van der Waals surface area contributed by atoms with Crippen LogP contribution in [-0.4, -0.2) is 34.3 Å². The van der Waals surface area contributed by atoms with Gasteiger partial charge in [0.25, 0.3) is 0 Å². The minimum atomic E-state index is -0.293. The summed E-state index contributed by atoms with van der Waals surface area (Å²) < 4.78 is 0. The molecule has 1 atom stereocenters. The number of aliphatic hydroxyl groups is 1. The fourth-order valence-electron chi connectivity index (χ4n) is 2.83. The van der Waals surface area contributed by atoms with Gasteiger partial charge in [0.2, 0.25) is 5.95 Å². The van der Waals surface area contributed by atoms with Crippen molar-refractivity contribution in [1.29, 1.82) is 5.26 Å². The fourth-order valence-corrected chi connectivity index (χ4v) is 2.83. The molecule has 1 aliphatic rings. The van der Waals surface area contributed by atoms with Crippen molar-refractivity contribution < 1.29 is 5.11 Å². The summed E-state index contributed by atoms with van der Waals surface area (Å²) in [5, 5.41) is 22.0. The Hall–Kier alpha value is -2.65. The monoisotopic (exact) mass is 323 g/mol. The summed E-state index contributed by atoms with van der Waals surface area (Å²) in [5.41, 5.74) is 2.35. The Morgan fingerprint density at radius 3 is 2.96 bits per heavy atom. The lowest BCUT2D eigenvalue weighted by Crippen LogP contribution is -2.23. The van der Waals surface area contributed by atoms with Crippen LogP contribution in [0.3, 0.4) is 0 Å². The van der Waals surface area contributed by atoms with Gasteiger partial charge in [-0.15, -0.1) is 0 Å². The van der Waals surface area contributed by atoms with Crippen LogP contribution in [0.1, 0.15) is 31.0 Å². The van der Waals surface area contributed by atoms with Crippen LogP contribution in [0.15, 0.2) is 30.3 Å². The van der Waals surface area contributed by atoms with Crippen LogP contribution in [-0.2, 0) is 6.42 Å². The SMILES string of the molecule is CCCc1cc(N2CCC(O)C2)nc(Nc2cccc(C#N)c2)n1. The van der Waals surface area contributed by atoms with Gasteiger partial charge in [0.1, 0.15) is 5.82 Å². The quantitative estimate of drug-likeness (QED) is 0.880. The fraction of sp³-hybridized carbons (Fsp3) is 0.389. The third-order valence-electron chi connectivity index (χ3n) is 4.01. The molecule has 0 saturated carbocycles. The molecule has 24 heavy (non-hydrogen) atoms. The largest absolute Gasteiger partial charge is 0.391 e. The molecule has 3 rings (SSSR count). The molecule has 0 radical (unpaired) electrons. The van der Waals surface area contributed by atoms with Gasteiger partial charge in [-0.1, -0.05) is 19.4 Å². The van der Waals surface area contributed by atoms with Gasteiger partial charge in [-0.2, -0.15) is 10.2 Å². The zero-order valence-electron chi connectivity index (χ0n) is 13.7. The third kappa shape index (κ3) is 3.81. The van der Waals surface area contributed by atoms with Crippen molar-refractivity contribution in [1.82, 2.24) is 9.97 Å². The number of benzene rings is 1. The van der Waals surface area contributed by atoms with Crippen molar-refractivity contribution in [3.05, 3.63) is 41.6 Å². The predicted molar refractivity (Wildman–Crippen MR) is 93.3 cm³/mol. The summed E-state index contributed by atoms with van der Waals surface area (Å²) in [6.07, 6.45) is 2.35. The average molecular weight is 323 g/mol. The van der Waals surface area contributed by atoms with Crippen molar-refractivity contribution in [3.63, 3.8) is 0 Å². The number of nitrogens with zero attached hydrogens (tertiary/aromatic N) is 4. The molecular weight excluding hydrogens is 302 g/mol. The minimum absolute atomic E-state index is 0.293. The highest BCUT2D eigenvalue weighted by molar-refractivity contribution is 5.58. The third-order valence-corrected chi connectivity index (χ3v) is 4.01. The minimum Gasteiger partial charge on any atom is -0.391 e. The van der Waals surface area contributed by atoms with E-state index in [0.717, 1.165) is 43.0 Å². The highest BCUT2D eigenvalue weighted by atomic mass is 16.3. The van der Waals surface area contributed by atoms with E-state index in [9.17, 15) is 5.11 Å². The van der Waals surface area contributed by atoms with Gasteiger partial charge in [0.05, 0.1) is 17.7 Å². The van der Waals surface area contributed by atoms with Gasteiger partial charge in [0.15, 0.2) is 0 Å². The van der Waals surface area contributed by atoms with E-state index in [-0.39, 0.29) is 6.10 Å². The van der Waals surface area contributed by atoms with Crippen molar-refractivity contribution >= 4 is 17.5 Å². The number of aryl methyl sites for hydroxylation is 1. The maximum absolute atomic E-state index is 9.76. The van der Waals surface area contributed by atoms with Crippen LogP contribution >= 0.6 is 0 Å². The Morgan fingerprint density at radius 2 is 2.25 bits per heavy atom. The number of hydrogen-bond donors (Lipinski definition) is 2. The molecule has 1 unspecified atom stereocenters. The molecule has 1 saturated heterocycles. The molecule has 2 heterocycles. The number of aliphatic hydroxyl groups excluding tert-OH is 1. The Bertz CT molecular complexity index is 755. The molecule has 1 fully saturated rings. The van der Waals surface area contributed by atoms with Crippen LogP contribution in [0, 0.1) is 11.3 Å². The number of anilines is 3. The Balaban J connectivity index is 1.88. The van der Waals surface area contributed by atoms with Gasteiger partial charge in [-0.3, -0.25) is 0 Å². The van der Waals surface area contributed by atoms with E-state index in [1.54, 1.807) is 12.1 Å². The Morgan fingerprint density at radius 1 is 1.38 bits per heavy atom. The summed E-state index contributed by atoms with van der Waals surface area (Å²) in [6.45, 7) is 3.52. The van der Waals surface area contributed by atoms with Crippen molar-refractivity contribution in [2.45, 2.75) is 32.3 Å².